The third kappa shape index (κ3) is 4.24. The topological polar surface area (TPSA) is 44.8 Å². The number of piperazine rings is 1. The summed E-state index contributed by atoms with van der Waals surface area (Å²) in [4.78, 5) is 16.7. The summed E-state index contributed by atoms with van der Waals surface area (Å²) in [6.07, 6.45) is 0. The molecule has 0 bridgehead atoms. The molecule has 2 amide bonds. The molecule has 1 aliphatic rings. The molecule has 0 unspecified atom stereocenters. The molecule has 1 heterocycles. The van der Waals surface area contributed by atoms with Gasteiger partial charge < -0.3 is 19.9 Å². The van der Waals surface area contributed by atoms with Crippen LogP contribution in [0.1, 0.15) is 12.5 Å². The fourth-order valence-corrected chi connectivity index (χ4v) is 3.04. The molecule has 1 saturated heterocycles. The van der Waals surface area contributed by atoms with Crippen LogP contribution in [0, 0.1) is 6.92 Å². The molecule has 0 atom stereocenters. The maximum absolute atomic E-state index is 12.6. The van der Waals surface area contributed by atoms with Gasteiger partial charge in [0.2, 0.25) is 0 Å². The first-order valence-corrected chi connectivity index (χ1v) is 8.76. The molecule has 1 N–H and O–H groups in total. The van der Waals surface area contributed by atoms with Crippen molar-refractivity contribution in [3.63, 3.8) is 0 Å². The number of benzene rings is 2. The van der Waals surface area contributed by atoms with Crippen LogP contribution in [0.15, 0.2) is 48.5 Å². The van der Waals surface area contributed by atoms with Gasteiger partial charge in [-0.2, -0.15) is 0 Å². The number of amides is 2. The zero-order valence-corrected chi connectivity index (χ0v) is 14.9. The Morgan fingerprint density at radius 2 is 1.84 bits per heavy atom. The Morgan fingerprint density at radius 3 is 2.56 bits per heavy atom. The van der Waals surface area contributed by atoms with Gasteiger partial charge in [0.15, 0.2) is 0 Å². The first kappa shape index (κ1) is 17.1. The van der Waals surface area contributed by atoms with Gasteiger partial charge in [0.1, 0.15) is 5.75 Å². The van der Waals surface area contributed by atoms with Crippen molar-refractivity contribution in [1.82, 2.24) is 4.90 Å². The van der Waals surface area contributed by atoms with E-state index in [1.165, 1.54) is 11.3 Å². The Kier molecular flexibility index (Phi) is 5.43. The highest BCUT2D eigenvalue weighted by Crippen LogP contribution is 2.24. The van der Waals surface area contributed by atoms with E-state index < -0.39 is 0 Å². The van der Waals surface area contributed by atoms with Crippen molar-refractivity contribution in [2.75, 3.05) is 43.0 Å². The fraction of sp³-hybridized carbons (Fsp3) is 0.350. The van der Waals surface area contributed by atoms with Gasteiger partial charge in [0.25, 0.3) is 0 Å². The number of carbonyl (C=O) groups is 1. The highest BCUT2D eigenvalue weighted by molar-refractivity contribution is 5.91. The maximum Gasteiger partial charge on any atom is 0.322 e. The number of hydrogen-bond donors (Lipinski definition) is 1. The molecular formula is C20H25N3O2. The first-order valence-electron chi connectivity index (χ1n) is 8.76. The van der Waals surface area contributed by atoms with Crippen LogP contribution in [0.2, 0.25) is 0 Å². The Bertz CT molecular complexity index is 724. The Morgan fingerprint density at radius 1 is 1.08 bits per heavy atom. The molecule has 0 aliphatic carbocycles. The molecular weight excluding hydrogens is 314 g/mol. The minimum atomic E-state index is -0.0731. The van der Waals surface area contributed by atoms with Gasteiger partial charge in [-0.15, -0.1) is 0 Å². The molecule has 1 fully saturated rings. The SMILES string of the molecule is CCOc1ccccc1NC(=O)N1CCN(c2cccc(C)c2)CC1. The van der Waals surface area contributed by atoms with Gasteiger partial charge in [-0.3, -0.25) is 0 Å². The Labute approximate surface area is 149 Å². The molecule has 0 radical (unpaired) electrons. The molecule has 25 heavy (non-hydrogen) atoms. The third-order valence-corrected chi connectivity index (χ3v) is 4.36. The second kappa shape index (κ2) is 7.92. The standard InChI is InChI=1S/C20H25N3O2/c1-3-25-19-10-5-4-9-18(19)21-20(24)23-13-11-22(12-14-23)17-8-6-7-16(2)15-17/h4-10,15H,3,11-14H2,1-2H3,(H,21,24). The number of ether oxygens (including phenoxy) is 1. The smallest absolute Gasteiger partial charge is 0.322 e. The second-order valence-corrected chi connectivity index (χ2v) is 6.17. The summed E-state index contributed by atoms with van der Waals surface area (Å²) in [6, 6.07) is 16.0. The van der Waals surface area contributed by atoms with Crippen molar-refractivity contribution in [2.45, 2.75) is 13.8 Å². The van der Waals surface area contributed by atoms with Crippen molar-refractivity contribution < 1.29 is 9.53 Å². The summed E-state index contributed by atoms with van der Waals surface area (Å²) in [6.45, 7) is 7.69. The molecule has 132 valence electrons. The molecule has 0 saturated carbocycles. The third-order valence-electron chi connectivity index (χ3n) is 4.36. The molecule has 2 aromatic carbocycles. The van der Waals surface area contributed by atoms with Crippen LogP contribution in [0.3, 0.4) is 0 Å². The lowest BCUT2D eigenvalue weighted by atomic mass is 10.2. The monoisotopic (exact) mass is 339 g/mol. The molecule has 5 nitrogen and oxygen atoms in total. The number of rotatable bonds is 4. The summed E-state index contributed by atoms with van der Waals surface area (Å²) in [5, 5.41) is 2.97. The second-order valence-electron chi connectivity index (χ2n) is 6.17. The van der Waals surface area contributed by atoms with Gasteiger partial charge in [0, 0.05) is 31.9 Å². The van der Waals surface area contributed by atoms with E-state index in [0.717, 1.165) is 18.8 Å². The van der Waals surface area contributed by atoms with Crippen molar-refractivity contribution in [3.05, 3.63) is 54.1 Å². The van der Waals surface area contributed by atoms with E-state index in [0.29, 0.717) is 25.4 Å². The molecule has 5 heteroatoms. The van der Waals surface area contributed by atoms with Crippen molar-refractivity contribution in [2.24, 2.45) is 0 Å². The predicted molar refractivity (Wildman–Crippen MR) is 102 cm³/mol. The number of urea groups is 1. The van der Waals surface area contributed by atoms with E-state index in [-0.39, 0.29) is 6.03 Å². The van der Waals surface area contributed by atoms with E-state index in [9.17, 15) is 4.79 Å². The predicted octanol–water partition coefficient (Wildman–Crippen LogP) is 3.75. The van der Waals surface area contributed by atoms with E-state index in [1.807, 2.05) is 36.1 Å². The van der Waals surface area contributed by atoms with Gasteiger partial charge in [-0.25, -0.2) is 4.79 Å². The van der Waals surface area contributed by atoms with Crippen LogP contribution in [0.5, 0.6) is 5.75 Å². The lowest BCUT2D eigenvalue weighted by molar-refractivity contribution is 0.208. The largest absolute Gasteiger partial charge is 0.492 e. The van der Waals surface area contributed by atoms with E-state index in [1.54, 1.807) is 0 Å². The quantitative estimate of drug-likeness (QED) is 0.923. The van der Waals surface area contributed by atoms with Crippen LogP contribution in [-0.2, 0) is 0 Å². The van der Waals surface area contributed by atoms with Gasteiger partial charge >= 0.3 is 6.03 Å². The molecule has 0 spiro atoms. The summed E-state index contributed by atoms with van der Waals surface area (Å²) in [5.74, 6) is 0.705. The van der Waals surface area contributed by atoms with Crippen LogP contribution in [-0.4, -0.2) is 43.7 Å². The number of nitrogens with zero attached hydrogens (tertiary/aromatic N) is 2. The average Bonchev–Trinajstić information content (AvgIpc) is 2.64. The summed E-state index contributed by atoms with van der Waals surface area (Å²) in [5.41, 5.74) is 3.20. The first-order chi connectivity index (χ1) is 12.2. The van der Waals surface area contributed by atoms with Gasteiger partial charge in [0.05, 0.1) is 12.3 Å². The van der Waals surface area contributed by atoms with Crippen LogP contribution in [0.25, 0.3) is 0 Å². The van der Waals surface area contributed by atoms with Gasteiger partial charge in [-0.1, -0.05) is 24.3 Å². The van der Waals surface area contributed by atoms with Gasteiger partial charge in [-0.05, 0) is 43.7 Å². The minimum absolute atomic E-state index is 0.0731. The lowest BCUT2D eigenvalue weighted by Crippen LogP contribution is -2.50. The zero-order chi connectivity index (χ0) is 17.6. The number of para-hydroxylation sites is 2. The maximum atomic E-state index is 12.6. The summed E-state index contributed by atoms with van der Waals surface area (Å²) in [7, 11) is 0. The van der Waals surface area contributed by atoms with Crippen LogP contribution in [0.4, 0.5) is 16.2 Å². The Hall–Kier alpha value is -2.69. The van der Waals surface area contributed by atoms with E-state index in [4.69, 9.17) is 4.74 Å². The molecule has 1 aliphatic heterocycles. The van der Waals surface area contributed by atoms with Crippen molar-refractivity contribution in [3.8, 4) is 5.75 Å². The van der Waals surface area contributed by atoms with Crippen molar-refractivity contribution in [1.29, 1.82) is 0 Å². The highest BCUT2D eigenvalue weighted by atomic mass is 16.5. The molecule has 3 rings (SSSR count). The number of carbonyl (C=O) groups excluding carboxylic acids is 1. The Balaban J connectivity index is 1.59. The number of aryl methyl sites for hydroxylation is 1. The normalized spacial score (nSPS) is 14.3. The zero-order valence-electron chi connectivity index (χ0n) is 14.9. The van der Waals surface area contributed by atoms with Crippen LogP contribution >= 0.6 is 0 Å². The molecule has 0 aromatic heterocycles. The highest BCUT2D eigenvalue weighted by Gasteiger charge is 2.22. The summed E-state index contributed by atoms with van der Waals surface area (Å²) < 4.78 is 5.57. The lowest BCUT2D eigenvalue weighted by Gasteiger charge is -2.36. The van der Waals surface area contributed by atoms with Crippen LogP contribution < -0.4 is 15.0 Å². The number of anilines is 2. The average molecular weight is 339 g/mol. The summed E-state index contributed by atoms with van der Waals surface area (Å²) >= 11 is 0. The fourth-order valence-electron chi connectivity index (χ4n) is 3.04. The number of hydrogen-bond acceptors (Lipinski definition) is 3. The number of nitrogens with one attached hydrogen (secondary N) is 1. The minimum Gasteiger partial charge on any atom is -0.492 e. The van der Waals surface area contributed by atoms with E-state index >= 15 is 0 Å². The van der Waals surface area contributed by atoms with Crippen molar-refractivity contribution >= 4 is 17.4 Å². The molecule has 2 aromatic rings. The van der Waals surface area contributed by atoms with E-state index in [2.05, 4.69) is 41.4 Å².